The number of aliphatic imine (C=N–C) groups is 2. The first-order valence-corrected chi connectivity index (χ1v) is 11.6. The molecule has 0 fully saturated rings. The predicted octanol–water partition coefficient (Wildman–Crippen LogP) is 7.68. The van der Waals surface area contributed by atoms with Crippen molar-refractivity contribution in [1.29, 1.82) is 0 Å². The summed E-state index contributed by atoms with van der Waals surface area (Å²) in [6.07, 6.45) is 1.65. The number of phenols is 2. The van der Waals surface area contributed by atoms with Gasteiger partial charge in [0.15, 0.2) is 0 Å². The summed E-state index contributed by atoms with van der Waals surface area (Å²) in [6.45, 7) is 0. The third-order valence-electron chi connectivity index (χ3n) is 5.82. The van der Waals surface area contributed by atoms with E-state index in [2.05, 4.69) is 4.99 Å². The highest BCUT2D eigenvalue weighted by Crippen LogP contribution is 2.33. The second-order valence-electron chi connectivity index (χ2n) is 8.20. The van der Waals surface area contributed by atoms with Crippen molar-refractivity contribution in [2.24, 2.45) is 9.98 Å². The van der Waals surface area contributed by atoms with E-state index in [1.54, 1.807) is 18.3 Å². The van der Waals surface area contributed by atoms with Gasteiger partial charge in [0.05, 0.1) is 17.1 Å². The van der Waals surface area contributed by atoms with E-state index in [1.165, 1.54) is 0 Å². The van der Waals surface area contributed by atoms with Gasteiger partial charge >= 0.3 is 0 Å². The lowest BCUT2D eigenvalue weighted by Crippen LogP contribution is -2.03. The first-order chi connectivity index (χ1) is 17.7. The minimum Gasteiger partial charge on any atom is -0.507 e. The Morgan fingerprint density at radius 1 is 0.583 bits per heavy atom. The van der Waals surface area contributed by atoms with Crippen LogP contribution in [0.5, 0.6) is 11.5 Å². The Balaban J connectivity index is 1.56. The fourth-order valence-electron chi connectivity index (χ4n) is 3.99. The summed E-state index contributed by atoms with van der Waals surface area (Å²) in [5.74, 6) is 0.330. The summed E-state index contributed by atoms with van der Waals surface area (Å²) in [7, 11) is 0. The van der Waals surface area contributed by atoms with Crippen molar-refractivity contribution in [2.45, 2.75) is 0 Å². The van der Waals surface area contributed by atoms with E-state index >= 15 is 0 Å². The molecule has 0 saturated carbocycles. The molecule has 2 N–H and O–H groups in total. The Morgan fingerprint density at radius 2 is 1.22 bits per heavy atom. The highest BCUT2D eigenvalue weighted by Gasteiger charge is 2.13. The molecule has 0 aliphatic rings. The Labute approximate surface area is 210 Å². The van der Waals surface area contributed by atoms with E-state index in [0.29, 0.717) is 28.2 Å². The van der Waals surface area contributed by atoms with E-state index in [-0.39, 0.29) is 11.5 Å². The number of aromatic hydroxyl groups is 2. The van der Waals surface area contributed by atoms with Crippen LogP contribution in [0.25, 0.3) is 11.1 Å². The van der Waals surface area contributed by atoms with Crippen LogP contribution in [0, 0.1) is 0 Å². The molecule has 174 valence electrons. The van der Waals surface area contributed by atoms with Crippen LogP contribution in [-0.2, 0) is 0 Å². The lowest BCUT2D eigenvalue weighted by molar-refractivity contribution is 0.474. The highest BCUT2D eigenvalue weighted by atomic mass is 16.3. The standard InChI is InChI=1S/C32H24N2O2/c35-30-21-10-7-17-27(30)31(24-14-5-2-6-15-24)34-29-20-9-8-19-28(29)33-22-25-16-11-18-26(32(25)36)23-12-3-1-4-13-23/h1-22,35-36H. The summed E-state index contributed by atoms with van der Waals surface area (Å²) < 4.78 is 0. The molecule has 0 aromatic heterocycles. The molecule has 0 aliphatic carbocycles. The van der Waals surface area contributed by atoms with E-state index in [0.717, 1.165) is 16.7 Å². The molecule has 0 radical (unpaired) electrons. The second-order valence-corrected chi connectivity index (χ2v) is 8.20. The number of rotatable bonds is 6. The molecule has 5 aromatic carbocycles. The minimum atomic E-state index is 0.156. The van der Waals surface area contributed by atoms with Gasteiger partial charge in [-0.3, -0.25) is 4.99 Å². The van der Waals surface area contributed by atoms with Crippen molar-refractivity contribution in [3.8, 4) is 22.6 Å². The molecule has 0 atom stereocenters. The van der Waals surface area contributed by atoms with E-state index in [1.807, 2.05) is 115 Å². The number of benzene rings is 5. The first-order valence-electron chi connectivity index (χ1n) is 11.6. The molecule has 0 aliphatic heterocycles. The maximum atomic E-state index is 10.9. The Kier molecular flexibility index (Phi) is 6.68. The zero-order valence-corrected chi connectivity index (χ0v) is 19.5. The molecular weight excluding hydrogens is 444 g/mol. The third kappa shape index (κ3) is 4.93. The molecule has 36 heavy (non-hydrogen) atoms. The van der Waals surface area contributed by atoms with Crippen LogP contribution >= 0.6 is 0 Å². The summed E-state index contributed by atoms with van der Waals surface area (Å²) in [5, 5.41) is 21.5. The number of hydrogen-bond acceptors (Lipinski definition) is 4. The fraction of sp³-hybridized carbons (Fsp3) is 0. The molecule has 0 amide bonds. The van der Waals surface area contributed by atoms with Gasteiger partial charge in [-0.05, 0) is 35.9 Å². The van der Waals surface area contributed by atoms with Gasteiger partial charge in [0.2, 0.25) is 0 Å². The number of para-hydroxylation sites is 4. The predicted molar refractivity (Wildman–Crippen MR) is 147 cm³/mol. The van der Waals surface area contributed by atoms with Crippen LogP contribution < -0.4 is 0 Å². The summed E-state index contributed by atoms with van der Waals surface area (Å²) in [6, 6.07) is 39.9. The monoisotopic (exact) mass is 468 g/mol. The van der Waals surface area contributed by atoms with Gasteiger partial charge in [-0.25, -0.2) is 4.99 Å². The van der Waals surface area contributed by atoms with Crippen molar-refractivity contribution < 1.29 is 10.2 Å². The smallest absolute Gasteiger partial charge is 0.132 e. The lowest BCUT2D eigenvalue weighted by Gasteiger charge is -2.11. The first kappa shape index (κ1) is 22.8. The van der Waals surface area contributed by atoms with Crippen LogP contribution in [0.15, 0.2) is 137 Å². The average molecular weight is 469 g/mol. The van der Waals surface area contributed by atoms with Gasteiger partial charge in [0, 0.05) is 28.5 Å². The van der Waals surface area contributed by atoms with Crippen molar-refractivity contribution in [2.75, 3.05) is 0 Å². The number of phenolic OH excluding ortho intramolecular Hbond substituents is 2. The van der Waals surface area contributed by atoms with Gasteiger partial charge in [-0.1, -0.05) is 97.1 Å². The molecule has 0 unspecified atom stereocenters. The quantitative estimate of drug-likeness (QED) is 0.251. The third-order valence-corrected chi connectivity index (χ3v) is 5.82. The molecule has 5 aromatic rings. The van der Waals surface area contributed by atoms with Crippen LogP contribution in [0.2, 0.25) is 0 Å². The summed E-state index contributed by atoms with van der Waals surface area (Å²) in [5.41, 5.74) is 5.74. The minimum absolute atomic E-state index is 0.156. The molecule has 0 bridgehead atoms. The van der Waals surface area contributed by atoms with Crippen molar-refractivity contribution in [1.82, 2.24) is 0 Å². The largest absolute Gasteiger partial charge is 0.507 e. The van der Waals surface area contributed by atoms with Gasteiger partial charge in [0.25, 0.3) is 0 Å². The Hall–Kier alpha value is -4.96. The molecule has 5 rings (SSSR count). The van der Waals surface area contributed by atoms with E-state index in [9.17, 15) is 10.2 Å². The molecule has 4 heteroatoms. The van der Waals surface area contributed by atoms with Crippen molar-refractivity contribution in [3.05, 3.63) is 144 Å². The second kappa shape index (κ2) is 10.5. The van der Waals surface area contributed by atoms with Gasteiger partial charge in [0.1, 0.15) is 11.5 Å². The van der Waals surface area contributed by atoms with E-state index < -0.39 is 0 Å². The summed E-state index contributed by atoms with van der Waals surface area (Å²) >= 11 is 0. The Morgan fingerprint density at radius 3 is 1.97 bits per heavy atom. The van der Waals surface area contributed by atoms with E-state index in [4.69, 9.17) is 4.99 Å². The van der Waals surface area contributed by atoms with Crippen molar-refractivity contribution >= 4 is 23.3 Å². The zero-order chi connectivity index (χ0) is 24.7. The number of hydrogen-bond donors (Lipinski definition) is 2. The zero-order valence-electron chi connectivity index (χ0n) is 19.5. The molecule has 0 heterocycles. The lowest BCUT2D eigenvalue weighted by atomic mass is 10.0. The fourth-order valence-corrected chi connectivity index (χ4v) is 3.99. The highest BCUT2D eigenvalue weighted by molar-refractivity contribution is 6.15. The maximum Gasteiger partial charge on any atom is 0.132 e. The van der Waals surface area contributed by atoms with Gasteiger partial charge < -0.3 is 10.2 Å². The molecule has 0 spiro atoms. The van der Waals surface area contributed by atoms with Crippen LogP contribution in [0.4, 0.5) is 11.4 Å². The summed E-state index contributed by atoms with van der Waals surface area (Å²) in [4.78, 5) is 9.62. The van der Waals surface area contributed by atoms with Crippen molar-refractivity contribution in [3.63, 3.8) is 0 Å². The SMILES string of the molecule is Oc1ccccc1C(=Nc1ccccc1N=Cc1cccc(-c2ccccc2)c1O)c1ccccc1. The van der Waals surface area contributed by atoms with Gasteiger partial charge in [-0.2, -0.15) is 0 Å². The molecule has 0 saturated heterocycles. The topological polar surface area (TPSA) is 65.2 Å². The van der Waals surface area contributed by atoms with Crippen LogP contribution in [0.1, 0.15) is 16.7 Å². The van der Waals surface area contributed by atoms with Crippen LogP contribution in [-0.4, -0.2) is 22.1 Å². The maximum absolute atomic E-state index is 10.9. The Bertz CT molecular complexity index is 1540. The average Bonchev–Trinajstić information content (AvgIpc) is 2.93. The van der Waals surface area contributed by atoms with Crippen LogP contribution in [0.3, 0.4) is 0 Å². The van der Waals surface area contributed by atoms with Gasteiger partial charge in [-0.15, -0.1) is 0 Å². The molecular formula is C32H24N2O2. The normalized spacial score (nSPS) is 11.6. The number of nitrogens with zero attached hydrogens (tertiary/aromatic N) is 2. The molecule has 4 nitrogen and oxygen atoms in total.